The van der Waals surface area contributed by atoms with Crippen molar-refractivity contribution in [2.24, 2.45) is 0 Å². The topological polar surface area (TPSA) is 105 Å². The third-order valence-corrected chi connectivity index (χ3v) is 7.69. The number of benzene rings is 4. The predicted molar refractivity (Wildman–Crippen MR) is 169 cm³/mol. The number of carboxylic acid groups (broad SMARTS) is 1. The monoisotopic (exact) mass is 618 g/mol. The van der Waals surface area contributed by atoms with Gasteiger partial charge in [0.25, 0.3) is 0 Å². The van der Waals surface area contributed by atoms with E-state index in [2.05, 4.69) is 10.6 Å². The number of aromatic carboxylic acids is 1. The number of carbonyl (C=O) groups is 3. The summed E-state index contributed by atoms with van der Waals surface area (Å²) in [6.45, 7) is 5.93. The standard InChI is InChI=1S/C26H21ClN2O5.C6H5Cl.C2H6/c1-14-2-9-21(34-17-6-3-15(4-7-17)24(31)32)18(12-14)23-26(11-10-22(30)29-23)19-8-5-16(27)13-20(19)28-25(26)33;7-6-4-2-1-3-5-6;1-2/h2-9,12-13,23H,10-11H2,1H3,(H,28,33)(H,29,30)(H,31,32);1-5H;1-2H3/t23-,26-;;/m1../s1. The third kappa shape index (κ3) is 6.85. The van der Waals surface area contributed by atoms with E-state index in [1.165, 1.54) is 12.1 Å². The molecule has 0 aromatic heterocycles. The van der Waals surface area contributed by atoms with Crippen molar-refractivity contribution < 1.29 is 24.2 Å². The van der Waals surface area contributed by atoms with Crippen LogP contribution in [0.1, 0.15) is 59.8 Å². The highest BCUT2D eigenvalue weighted by molar-refractivity contribution is 6.31. The Morgan fingerprint density at radius 2 is 1.60 bits per heavy atom. The number of ether oxygens (including phenoxy) is 1. The van der Waals surface area contributed by atoms with Crippen molar-refractivity contribution in [3.05, 3.63) is 123 Å². The number of hydrogen-bond acceptors (Lipinski definition) is 4. The van der Waals surface area contributed by atoms with Crippen LogP contribution in [0.4, 0.5) is 5.69 Å². The highest BCUT2D eigenvalue weighted by Gasteiger charge is 2.56. The van der Waals surface area contributed by atoms with Crippen molar-refractivity contribution in [2.45, 2.75) is 45.1 Å². The Labute approximate surface area is 260 Å². The second-order valence-corrected chi connectivity index (χ2v) is 10.8. The number of fused-ring (bicyclic) bond motifs is 2. The van der Waals surface area contributed by atoms with Crippen molar-refractivity contribution in [3.8, 4) is 11.5 Å². The highest BCUT2D eigenvalue weighted by atomic mass is 35.5. The van der Waals surface area contributed by atoms with Crippen molar-refractivity contribution >= 4 is 46.7 Å². The molecule has 43 heavy (non-hydrogen) atoms. The Kier molecular flexibility index (Phi) is 10.1. The van der Waals surface area contributed by atoms with Gasteiger partial charge in [0.2, 0.25) is 11.8 Å². The molecule has 4 aromatic carbocycles. The molecule has 2 heterocycles. The molecule has 2 aliphatic heterocycles. The van der Waals surface area contributed by atoms with Crippen molar-refractivity contribution in [1.29, 1.82) is 0 Å². The lowest BCUT2D eigenvalue weighted by Crippen LogP contribution is -2.52. The van der Waals surface area contributed by atoms with Crippen molar-refractivity contribution in [3.63, 3.8) is 0 Å². The molecule has 1 spiro atoms. The Hall–Kier alpha value is -4.33. The highest BCUT2D eigenvalue weighted by Crippen LogP contribution is 2.53. The zero-order valence-corrected chi connectivity index (χ0v) is 25.5. The maximum absolute atomic E-state index is 13.5. The fraction of sp³-hybridized carbons (Fsp3) is 0.206. The summed E-state index contributed by atoms with van der Waals surface area (Å²) in [6.07, 6.45) is 0.551. The number of halogens is 2. The Morgan fingerprint density at radius 1 is 0.907 bits per heavy atom. The molecule has 0 aliphatic carbocycles. The third-order valence-electron chi connectivity index (χ3n) is 7.20. The van der Waals surface area contributed by atoms with Gasteiger partial charge in [-0.15, -0.1) is 0 Å². The van der Waals surface area contributed by atoms with E-state index < -0.39 is 17.4 Å². The van der Waals surface area contributed by atoms with Gasteiger partial charge in [0, 0.05) is 27.7 Å². The molecule has 2 atom stereocenters. The minimum atomic E-state index is -1.03. The van der Waals surface area contributed by atoms with Crippen LogP contribution < -0.4 is 15.4 Å². The molecule has 222 valence electrons. The maximum Gasteiger partial charge on any atom is 0.335 e. The van der Waals surface area contributed by atoms with E-state index in [0.717, 1.165) is 16.1 Å². The van der Waals surface area contributed by atoms with Crippen molar-refractivity contribution in [1.82, 2.24) is 5.32 Å². The van der Waals surface area contributed by atoms with E-state index in [9.17, 15) is 14.4 Å². The van der Waals surface area contributed by atoms with E-state index in [1.807, 2.05) is 69.3 Å². The number of piperidine rings is 1. The summed E-state index contributed by atoms with van der Waals surface area (Å²) in [6, 6.07) is 25.7. The van der Waals surface area contributed by atoms with Gasteiger partial charge in [-0.25, -0.2) is 4.79 Å². The number of amides is 2. The summed E-state index contributed by atoms with van der Waals surface area (Å²) in [4.78, 5) is 37.2. The fourth-order valence-corrected chi connectivity index (χ4v) is 5.57. The van der Waals surface area contributed by atoms with E-state index in [4.69, 9.17) is 33.0 Å². The van der Waals surface area contributed by atoms with Crippen LogP contribution in [0.15, 0.2) is 91.0 Å². The lowest BCUT2D eigenvalue weighted by atomic mass is 9.67. The quantitative estimate of drug-likeness (QED) is 0.213. The summed E-state index contributed by atoms with van der Waals surface area (Å²) in [5.74, 6) is -0.470. The van der Waals surface area contributed by atoms with Crippen LogP contribution in [-0.2, 0) is 15.0 Å². The van der Waals surface area contributed by atoms with Crippen LogP contribution in [0.2, 0.25) is 10.0 Å². The van der Waals surface area contributed by atoms with E-state index in [1.54, 1.807) is 30.3 Å². The second kappa shape index (κ2) is 13.8. The largest absolute Gasteiger partial charge is 0.478 e. The zero-order valence-electron chi connectivity index (χ0n) is 24.0. The van der Waals surface area contributed by atoms with Gasteiger partial charge in [-0.1, -0.05) is 79.0 Å². The first-order valence-electron chi connectivity index (χ1n) is 13.9. The number of anilines is 1. The van der Waals surface area contributed by atoms with Gasteiger partial charge >= 0.3 is 5.97 Å². The predicted octanol–water partition coefficient (Wildman–Crippen LogP) is 8.35. The molecule has 0 saturated carbocycles. The van der Waals surface area contributed by atoms with Gasteiger partial charge in [0.05, 0.1) is 11.6 Å². The van der Waals surface area contributed by atoms with E-state index in [0.29, 0.717) is 34.2 Å². The molecule has 7 nitrogen and oxygen atoms in total. The summed E-state index contributed by atoms with van der Waals surface area (Å²) in [5.41, 5.74) is 2.14. The van der Waals surface area contributed by atoms with Crippen LogP contribution in [0.25, 0.3) is 0 Å². The Morgan fingerprint density at radius 3 is 2.23 bits per heavy atom. The molecule has 0 radical (unpaired) electrons. The van der Waals surface area contributed by atoms with Crippen LogP contribution >= 0.6 is 23.2 Å². The van der Waals surface area contributed by atoms with E-state index in [-0.39, 0.29) is 23.8 Å². The first-order chi connectivity index (χ1) is 20.7. The number of aryl methyl sites for hydroxylation is 1. The molecule has 1 saturated heterocycles. The Balaban J connectivity index is 0.000000409. The Bertz CT molecular complexity index is 1630. The summed E-state index contributed by atoms with van der Waals surface area (Å²) in [5, 5.41) is 16.4. The minimum Gasteiger partial charge on any atom is -0.478 e. The number of carboxylic acids is 1. The van der Waals surface area contributed by atoms with Gasteiger partial charge in [-0.3, -0.25) is 9.59 Å². The molecule has 2 amide bonds. The van der Waals surface area contributed by atoms with Gasteiger partial charge < -0.3 is 20.5 Å². The fourth-order valence-electron chi connectivity index (χ4n) is 5.25. The average Bonchev–Trinajstić information content (AvgIpc) is 3.27. The molecule has 1 fully saturated rings. The van der Waals surface area contributed by atoms with Crippen molar-refractivity contribution in [2.75, 3.05) is 5.32 Å². The summed E-state index contributed by atoms with van der Waals surface area (Å²) < 4.78 is 6.14. The molecule has 4 aromatic rings. The summed E-state index contributed by atoms with van der Waals surface area (Å²) in [7, 11) is 0. The normalized spacial score (nSPS) is 18.2. The average molecular weight is 620 g/mol. The molecule has 0 unspecified atom stereocenters. The maximum atomic E-state index is 13.5. The van der Waals surface area contributed by atoms with Crippen LogP contribution in [0.5, 0.6) is 11.5 Å². The zero-order chi connectivity index (χ0) is 31.1. The first kappa shape index (κ1) is 31.6. The molecule has 0 bridgehead atoms. The van der Waals surface area contributed by atoms with Gasteiger partial charge in [-0.2, -0.15) is 0 Å². The second-order valence-electron chi connectivity index (χ2n) is 9.88. The van der Waals surface area contributed by atoms with Gasteiger partial charge in [0.1, 0.15) is 16.9 Å². The SMILES string of the molecule is CC.Cc1ccc(Oc2ccc(C(=O)O)cc2)c([C@H]2NC(=O)CC[C@]23C(=O)Nc2cc(Cl)ccc23)c1.Clc1ccccc1. The summed E-state index contributed by atoms with van der Waals surface area (Å²) >= 11 is 11.7. The number of hydrogen-bond donors (Lipinski definition) is 3. The minimum absolute atomic E-state index is 0.146. The number of nitrogens with one attached hydrogen (secondary N) is 2. The lowest BCUT2D eigenvalue weighted by Gasteiger charge is -2.41. The smallest absolute Gasteiger partial charge is 0.335 e. The molecular weight excluding hydrogens is 587 g/mol. The van der Waals surface area contributed by atoms with E-state index >= 15 is 0 Å². The first-order valence-corrected chi connectivity index (χ1v) is 14.7. The number of rotatable bonds is 4. The van der Waals surface area contributed by atoms with Crippen LogP contribution in [0.3, 0.4) is 0 Å². The molecule has 9 heteroatoms. The lowest BCUT2D eigenvalue weighted by molar-refractivity contribution is -0.130. The van der Waals surface area contributed by atoms with Gasteiger partial charge in [-0.05, 0) is 73.5 Å². The van der Waals surface area contributed by atoms with Crippen LogP contribution in [-0.4, -0.2) is 22.9 Å². The molecule has 6 rings (SSSR count). The molecular formula is C34H32Cl2N2O5. The van der Waals surface area contributed by atoms with Gasteiger partial charge in [0.15, 0.2) is 0 Å². The van der Waals surface area contributed by atoms with Crippen LogP contribution in [0, 0.1) is 6.92 Å². The molecule has 3 N–H and O–H groups in total. The number of carbonyl (C=O) groups excluding carboxylic acids is 2. The molecule has 2 aliphatic rings.